The fraction of sp³-hybridized carbons (Fsp3) is 0.316. The van der Waals surface area contributed by atoms with Crippen LogP contribution in [0.1, 0.15) is 41.6 Å². The predicted molar refractivity (Wildman–Crippen MR) is 98.2 cm³/mol. The SMILES string of the molecule is Cc1cc(S(=O)(=O)NC2CCCC2)ccc1NC(=O)c1ccccc1. The molecule has 2 N–H and O–H groups in total. The maximum Gasteiger partial charge on any atom is 0.255 e. The molecule has 1 fully saturated rings. The van der Waals surface area contributed by atoms with Gasteiger partial charge in [-0.15, -0.1) is 0 Å². The summed E-state index contributed by atoms with van der Waals surface area (Å²) < 4.78 is 27.8. The third-order valence-corrected chi connectivity index (χ3v) is 5.99. The lowest BCUT2D eigenvalue weighted by molar-refractivity contribution is 0.102. The Bertz CT molecular complexity index is 857. The fourth-order valence-corrected chi connectivity index (χ4v) is 4.45. The first-order valence-corrected chi connectivity index (χ1v) is 9.93. The monoisotopic (exact) mass is 358 g/mol. The molecule has 1 aliphatic carbocycles. The molecule has 0 bridgehead atoms. The van der Waals surface area contributed by atoms with Crippen LogP contribution >= 0.6 is 0 Å². The summed E-state index contributed by atoms with van der Waals surface area (Å²) in [6.07, 6.45) is 3.92. The molecule has 25 heavy (non-hydrogen) atoms. The van der Waals surface area contributed by atoms with E-state index in [1.807, 2.05) is 6.07 Å². The Morgan fingerprint density at radius 2 is 1.72 bits per heavy atom. The minimum absolute atomic E-state index is 0.0303. The summed E-state index contributed by atoms with van der Waals surface area (Å²) in [5.41, 5.74) is 1.87. The highest BCUT2D eigenvalue weighted by Gasteiger charge is 2.23. The second-order valence-electron chi connectivity index (χ2n) is 6.40. The van der Waals surface area contributed by atoms with Crippen LogP contribution in [0.2, 0.25) is 0 Å². The van der Waals surface area contributed by atoms with E-state index in [-0.39, 0.29) is 16.8 Å². The van der Waals surface area contributed by atoms with E-state index in [1.165, 1.54) is 6.07 Å². The Morgan fingerprint density at radius 1 is 1.04 bits per heavy atom. The minimum Gasteiger partial charge on any atom is -0.322 e. The zero-order valence-electron chi connectivity index (χ0n) is 14.2. The molecule has 1 saturated carbocycles. The van der Waals surface area contributed by atoms with Gasteiger partial charge in [0.05, 0.1) is 4.90 Å². The number of benzene rings is 2. The zero-order chi connectivity index (χ0) is 17.9. The third-order valence-electron chi connectivity index (χ3n) is 4.47. The molecule has 0 unspecified atom stereocenters. The summed E-state index contributed by atoms with van der Waals surface area (Å²) in [7, 11) is -3.53. The van der Waals surface area contributed by atoms with Crippen molar-refractivity contribution in [3.63, 3.8) is 0 Å². The Morgan fingerprint density at radius 3 is 2.36 bits per heavy atom. The Labute approximate surface area is 148 Å². The lowest BCUT2D eigenvalue weighted by atomic mass is 10.1. The highest BCUT2D eigenvalue weighted by molar-refractivity contribution is 7.89. The maximum atomic E-state index is 12.5. The molecular formula is C19H22N2O3S. The summed E-state index contributed by atoms with van der Waals surface area (Å²) in [6, 6.07) is 13.7. The van der Waals surface area contributed by atoms with Crippen LogP contribution in [0.4, 0.5) is 5.69 Å². The van der Waals surface area contributed by atoms with Crippen molar-refractivity contribution >= 4 is 21.6 Å². The van der Waals surface area contributed by atoms with E-state index in [4.69, 9.17) is 0 Å². The van der Waals surface area contributed by atoms with Crippen LogP contribution in [0.15, 0.2) is 53.4 Å². The van der Waals surface area contributed by atoms with Crippen molar-refractivity contribution < 1.29 is 13.2 Å². The molecule has 0 spiro atoms. The smallest absolute Gasteiger partial charge is 0.255 e. The number of anilines is 1. The van der Waals surface area contributed by atoms with Gasteiger partial charge >= 0.3 is 0 Å². The molecule has 5 nitrogen and oxygen atoms in total. The first kappa shape index (κ1) is 17.6. The Hall–Kier alpha value is -2.18. The molecule has 0 atom stereocenters. The molecule has 3 rings (SSSR count). The van der Waals surface area contributed by atoms with Gasteiger partial charge < -0.3 is 5.32 Å². The van der Waals surface area contributed by atoms with Gasteiger partial charge in [0.1, 0.15) is 0 Å². The van der Waals surface area contributed by atoms with Crippen LogP contribution < -0.4 is 10.0 Å². The van der Waals surface area contributed by atoms with Gasteiger partial charge in [-0.1, -0.05) is 31.0 Å². The van der Waals surface area contributed by atoms with Crippen LogP contribution in [-0.2, 0) is 10.0 Å². The van der Waals surface area contributed by atoms with Gasteiger partial charge in [-0.05, 0) is 55.7 Å². The number of sulfonamides is 1. The number of carbonyl (C=O) groups is 1. The Balaban J connectivity index is 1.75. The van der Waals surface area contributed by atoms with Crippen molar-refractivity contribution in [1.82, 2.24) is 4.72 Å². The van der Waals surface area contributed by atoms with Crippen LogP contribution in [0, 0.1) is 6.92 Å². The lowest BCUT2D eigenvalue weighted by Crippen LogP contribution is -2.32. The van der Waals surface area contributed by atoms with E-state index in [2.05, 4.69) is 10.0 Å². The molecule has 0 heterocycles. The predicted octanol–water partition coefficient (Wildman–Crippen LogP) is 3.47. The lowest BCUT2D eigenvalue weighted by Gasteiger charge is -2.14. The van der Waals surface area contributed by atoms with Gasteiger partial charge in [0.2, 0.25) is 10.0 Å². The number of rotatable bonds is 5. The second kappa shape index (κ2) is 7.37. The molecule has 0 radical (unpaired) electrons. The van der Waals surface area contributed by atoms with Crippen LogP contribution in [0.25, 0.3) is 0 Å². The van der Waals surface area contributed by atoms with Crippen molar-refractivity contribution in [2.24, 2.45) is 0 Å². The van der Waals surface area contributed by atoms with Crippen molar-refractivity contribution in [2.45, 2.75) is 43.5 Å². The molecule has 0 aliphatic heterocycles. The third kappa shape index (κ3) is 4.27. The van der Waals surface area contributed by atoms with Gasteiger partial charge in [0, 0.05) is 17.3 Å². The summed E-state index contributed by atoms with van der Waals surface area (Å²) in [5.74, 6) is -0.219. The van der Waals surface area contributed by atoms with Crippen LogP contribution in [0.5, 0.6) is 0 Å². The number of nitrogens with one attached hydrogen (secondary N) is 2. The first-order chi connectivity index (χ1) is 12.0. The van der Waals surface area contributed by atoms with Crippen LogP contribution in [-0.4, -0.2) is 20.4 Å². The first-order valence-electron chi connectivity index (χ1n) is 8.45. The molecule has 132 valence electrons. The van der Waals surface area contributed by atoms with Crippen molar-refractivity contribution in [2.75, 3.05) is 5.32 Å². The summed E-state index contributed by atoms with van der Waals surface area (Å²) in [5, 5.41) is 2.82. The van der Waals surface area contributed by atoms with E-state index in [1.54, 1.807) is 43.3 Å². The Kier molecular flexibility index (Phi) is 5.20. The number of amides is 1. The largest absolute Gasteiger partial charge is 0.322 e. The average molecular weight is 358 g/mol. The summed E-state index contributed by atoms with van der Waals surface area (Å²) >= 11 is 0. The van der Waals surface area contributed by atoms with Gasteiger partial charge in [-0.25, -0.2) is 13.1 Å². The topological polar surface area (TPSA) is 75.3 Å². The van der Waals surface area contributed by atoms with Crippen molar-refractivity contribution in [3.05, 3.63) is 59.7 Å². The molecule has 1 aliphatic rings. The molecule has 6 heteroatoms. The molecule has 2 aromatic carbocycles. The van der Waals surface area contributed by atoms with E-state index in [0.29, 0.717) is 16.8 Å². The highest BCUT2D eigenvalue weighted by Crippen LogP contribution is 2.23. The maximum absolute atomic E-state index is 12.5. The zero-order valence-corrected chi connectivity index (χ0v) is 15.0. The minimum atomic E-state index is -3.53. The van der Waals surface area contributed by atoms with Gasteiger partial charge in [-0.2, -0.15) is 0 Å². The van der Waals surface area contributed by atoms with E-state index >= 15 is 0 Å². The molecule has 0 aromatic heterocycles. The number of hydrogen-bond donors (Lipinski definition) is 2. The number of hydrogen-bond acceptors (Lipinski definition) is 3. The van der Waals surface area contributed by atoms with Crippen molar-refractivity contribution in [3.8, 4) is 0 Å². The second-order valence-corrected chi connectivity index (χ2v) is 8.11. The average Bonchev–Trinajstić information content (AvgIpc) is 3.09. The van der Waals surface area contributed by atoms with Crippen molar-refractivity contribution in [1.29, 1.82) is 0 Å². The quantitative estimate of drug-likeness (QED) is 0.859. The molecule has 1 amide bonds. The standard InChI is InChI=1S/C19H22N2O3S/c1-14-13-17(25(23,24)21-16-9-5-6-10-16)11-12-18(14)20-19(22)15-7-3-2-4-8-15/h2-4,7-8,11-13,16,21H,5-6,9-10H2,1H3,(H,20,22). The van der Waals surface area contributed by atoms with E-state index < -0.39 is 10.0 Å². The van der Waals surface area contributed by atoms with Gasteiger partial charge in [-0.3, -0.25) is 4.79 Å². The molecular weight excluding hydrogens is 336 g/mol. The fourth-order valence-electron chi connectivity index (χ4n) is 3.06. The molecule has 2 aromatic rings. The normalized spacial score (nSPS) is 15.2. The van der Waals surface area contributed by atoms with Gasteiger partial charge in [0.15, 0.2) is 0 Å². The summed E-state index contributed by atoms with van der Waals surface area (Å²) in [6.45, 7) is 1.79. The molecule has 0 saturated heterocycles. The van der Waals surface area contributed by atoms with E-state index in [9.17, 15) is 13.2 Å². The van der Waals surface area contributed by atoms with Crippen LogP contribution in [0.3, 0.4) is 0 Å². The highest BCUT2D eigenvalue weighted by atomic mass is 32.2. The summed E-state index contributed by atoms with van der Waals surface area (Å²) in [4.78, 5) is 12.5. The number of carbonyl (C=O) groups excluding carboxylic acids is 1. The number of aryl methyl sites for hydroxylation is 1. The van der Waals surface area contributed by atoms with E-state index in [0.717, 1.165) is 25.7 Å². The van der Waals surface area contributed by atoms with Gasteiger partial charge in [0.25, 0.3) is 5.91 Å².